The Morgan fingerprint density at radius 1 is 0.585 bits per heavy atom. The highest BCUT2D eigenvalue weighted by Crippen LogP contribution is 2.41. The molecule has 194 valence electrons. The topological polar surface area (TPSA) is 48.8 Å². The predicted molar refractivity (Wildman–Crippen MR) is 167 cm³/mol. The SMILES string of the molecule is c1ccc(-n2c3ccccc3c3ccc4c(c5ccccc5n4CCc4ccnc5c4oc4cccnc45)c32)cc1. The van der Waals surface area contributed by atoms with Crippen LogP contribution in [-0.4, -0.2) is 19.1 Å². The van der Waals surface area contributed by atoms with Crippen LogP contribution >= 0.6 is 0 Å². The lowest BCUT2D eigenvalue weighted by molar-refractivity contribution is 0.653. The molecule has 0 amide bonds. The molecule has 0 aliphatic heterocycles. The van der Waals surface area contributed by atoms with E-state index < -0.39 is 0 Å². The van der Waals surface area contributed by atoms with Gasteiger partial charge < -0.3 is 13.6 Å². The third-order valence-electron chi connectivity index (χ3n) is 8.38. The lowest BCUT2D eigenvalue weighted by Gasteiger charge is -2.10. The Morgan fingerprint density at radius 2 is 1.37 bits per heavy atom. The van der Waals surface area contributed by atoms with E-state index in [1.54, 1.807) is 6.20 Å². The van der Waals surface area contributed by atoms with Crippen molar-refractivity contribution in [1.29, 1.82) is 0 Å². The summed E-state index contributed by atoms with van der Waals surface area (Å²) in [4.78, 5) is 9.12. The zero-order valence-electron chi connectivity index (χ0n) is 22.2. The molecule has 5 heteroatoms. The van der Waals surface area contributed by atoms with Crippen LogP contribution in [-0.2, 0) is 13.0 Å². The summed E-state index contributed by atoms with van der Waals surface area (Å²) in [5, 5.41) is 5.08. The molecule has 5 heterocycles. The van der Waals surface area contributed by atoms with Crippen LogP contribution in [0.25, 0.3) is 71.5 Å². The van der Waals surface area contributed by atoms with Crippen molar-refractivity contribution >= 4 is 65.8 Å². The Bertz CT molecular complexity index is 2430. The molecule has 0 aliphatic rings. The van der Waals surface area contributed by atoms with Crippen LogP contribution < -0.4 is 0 Å². The van der Waals surface area contributed by atoms with Gasteiger partial charge in [0.2, 0.25) is 0 Å². The molecule has 0 aliphatic carbocycles. The van der Waals surface area contributed by atoms with Crippen LogP contribution in [0.1, 0.15) is 5.56 Å². The van der Waals surface area contributed by atoms with Crippen molar-refractivity contribution in [3.8, 4) is 5.69 Å². The average molecular weight is 529 g/mol. The van der Waals surface area contributed by atoms with E-state index in [1.807, 2.05) is 18.3 Å². The molecule has 0 spiro atoms. The van der Waals surface area contributed by atoms with Gasteiger partial charge in [0.25, 0.3) is 0 Å². The summed E-state index contributed by atoms with van der Waals surface area (Å²) in [5.41, 5.74) is 10.5. The minimum absolute atomic E-state index is 0.774. The first kappa shape index (κ1) is 22.4. The largest absolute Gasteiger partial charge is 0.452 e. The first-order valence-corrected chi connectivity index (χ1v) is 14.0. The molecule has 0 fully saturated rings. The van der Waals surface area contributed by atoms with Crippen molar-refractivity contribution in [3.63, 3.8) is 0 Å². The van der Waals surface area contributed by atoms with Gasteiger partial charge in [-0.15, -0.1) is 0 Å². The van der Waals surface area contributed by atoms with Crippen LogP contribution in [0.4, 0.5) is 0 Å². The number of nitrogens with zero attached hydrogens (tertiary/aromatic N) is 4. The van der Waals surface area contributed by atoms with E-state index in [9.17, 15) is 0 Å². The standard InChI is InChI=1S/C36H24N4O/c1-2-9-24(10-3-1)40-29-14-7-4-11-25(29)26-16-17-30-32(35(26)40)27-12-5-6-13-28(27)39(30)22-19-23-18-21-38-34-33-31(41-36(23)34)15-8-20-37-33/h1-18,20-21H,19,22H2. The lowest BCUT2D eigenvalue weighted by Crippen LogP contribution is -2.02. The normalized spacial score (nSPS) is 12.1. The number of furan rings is 1. The summed E-state index contributed by atoms with van der Waals surface area (Å²) in [5.74, 6) is 0. The molecule has 0 bridgehead atoms. The van der Waals surface area contributed by atoms with Crippen molar-refractivity contribution in [2.24, 2.45) is 0 Å². The van der Waals surface area contributed by atoms with E-state index in [0.29, 0.717) is 0 Å². The number of rotatable bonds is 4. The van der Waals surface area contributed by atoms with Crippen LogP contribution in [0.15, 0.2) is 126 Å². The Balaban J connectivity index is 1.29. The van der Waals surface area contributed by atoms with Crippen LogP contribution in [0.3, 0.4) is 0 Å². The fraction of sp³-hybridized carbons (Fsp3) is 0.0556. The zero-order valence-corrected chi connectivity index (χ0v) is 22.2. The fourth-order valence-electron chi connectivity index (χ4n) is 6.63. The van der Waals surface area contributed by atoms with Crippen molar-refractivity contribution in [2.75, 3.05) is 0 Å². The molecule has 0 radical (unpaired) electrons. The van der Waals surface area contributed by atoms with Crippen LogP contribution in [0.5, 0.6) is 0 Å². The third kappa shape index (κ3) is 3.17. The van der Waals surface area contributed by atoms with E-state index in [1.165, 1.54) is 49.3 Å². The van der Waals surface area contributed by atoms with Gasteiger partial charge in [-0.25, -0.2) is 0 Å². The van der Waals surface area contributed by atoms with Gasteiger partial charge in [0.05, 0.1) is 16.6 Å². The Labute approximate surface area is 234 Å². The lowest BCUT2D eigenvalue weighted by atomic mass is 10.1. The summed E-state index contributed by atoms with van der Waals surface area (Å²) < 4.78 is 11.1. The maximum absolute atomic E-state index is 6.25. The second-order valence-electron chi connectivity index (χ2n) is 10.6. The first-order chi connectivity index (χ1) is 20.4. The number of benzene rings is 4. The van der Waals surface area contributed by atoms with Crippen LogP contribution in [0, 0.1) is 0 Å². The van der Waals surface area contributed by atoms with E-state index in [2.05, 4.69) is 116 Å². The van der Waals surface area contributed by atoms with E-state index in [0.717, 1.165) is 40.7 Å². The Kier molecular flexibility index (Phi) is 4.66. The predicted octanol–water partition coefficient (Wildman–Crippen LogP) is 8.82. The second-order valence-corrected chi connectivity index (χ2v) is 10.6. The maximum atomic E-state index is 6.25. The van der Waals surface area contributed by atoms with Crippen molar-refractivity contribution in [3.05, 3.63) is 127 Å². The molecule has 41 heavy (non-hydrogen) atoms. The quantitative estimate of drug-likeness (QED) is 0.229. The summed E-state index contributed by atoms with van der Waals surface area (Å²) in [6, 6.07) is 38.7. The number of aromatic nitrogens is 4. The minimum atomic E-state index is 0.774. The third-order valence-corrected chi connectivity index (χ3v) is 8.38. The van der Waals surface area contributed by atoms with Gasteiger partial charge in [-0.3, -0.25) is 9.97 Å². The highest BCUT2D eigenvalue weighted by atomic mass is 16.3. The highest BCUT2D eigenvalue weighted by molar-refractivity contribution is 6.25. The van der Waals surface area contributed by atoms with Crippen molar-refractivity contribution < 1.29 is 4.42 Å². The summed E-state index contributed by atoms with van der Waals surface area (Å²) >= 11 is 0. The summed E-state index contributed by atoms with van der Waals surface area (Å²) in [6.45, 7) is 0.810. The Hall–Kier alpha value is -5.42. The van der Waals surface area contributed by atoms with E-state index >= 15 is 0 Å². The van der Waals surface area contributed by atoms with Gasteiger partial charge in [-0.05, 0) is 55.0 Å². The van der Waals surface area contributed by atoms with Gasteiger partial charge in [0.15, 0.2) is 11.2 Å². The van der Waals surface area contributed by atoms with Gasteiger partial charge in [-0.2, -0.15) is 0 Å². The molecule has 0 saturated heterocycles. The maximum Gasteiger partial charge on any atom is 0.158 e. The number of aryl methyl sites for hydroxylation is 2. The number of hydrogen-bond donors (Lipinski definition) is 0. The van der Waals surface area contributed by atoms with E-state index in [-0.39, 0.29) is 0 Å². The molecule has 5 aromatic heterocycles. The molecule has 0 saturated carbocycles. The molecule has 9 rings (SSSR count). The summed E-state index contributed by atoms with van der Waals surface area (Å²) in [6.07, 6.45) is 4.47. The molecule has 5 nitrogen and oxygen atoms in total. The van der Waals surface area contributed by atoms with Crippen molar-refractivity contribution in [1.82, 2.24) is 19.1 Å². The average Bonchev–Trinajstić information content (AvgIpc) is 3.68. The van der Waals surface area contributed by atoms with Gasteiger partial charge in [-0.1, -0.05) is 60.7 Å². The number of para-hydroxylation sites is 3. The number of pyridine rings is 2. The smallest absolute Gasteiger partial charge is 0.158 e. The van der Waals surface area contributed by atoms with Gasteiger partial charge >= 0.3 is 0 Å². The second kappa shape index (κ2) is 8.54. The molecular formula is C36H24N4O. The molecule has 0 unspecified atom stereocenters. The molecule has 4 aromatic carbocycles. The molecular weight excluding hydrogens is 504 g/mol. The summed E-state index contributed by atoms with van der Waals surface area (Å²) in [7, 11) is 0. The first-order valence-electron chi connectivity index (χ1n) is 14.0. The zero-order chi connectivity index (χ0) is 26.9. The number of fused-ring (bicyclic) bond motifs is 10. The molecule has 9 aromatic rings. The molecule has 0 N–H and O–H groups in total. The highest BCUT2D eigenvalue weighted by Gasteiger charge is 2.20. The van der Waals surface area contributed by atoms with Gasteiger partial charge in [0, 0.05) is 57.3 Å². The minimum Gasteiger partial charge on any atom is -0.452 e. The monoisotopic (exact) mass is 528 g/mol. The van der Waals surface area contributed by atoms with Crippen molar-refractivity contribution in [2.45, 2.75) is 13.0 Å². The van der Waals surface area contributed by atoms with E-state index in [4.69, 9.17) is 4.42 Å². The molecule has 0 atom stereocenters. The fourth-order valence-corrected chi connectivity index (χ4v) is 6.63. The van der Waals surface area contributed by atoms with Crippen LogP contribution in [0.2, 0.25) is 0 Å². The number of hydrogen-bond acceptors (Lipinski definition) is 3. The van der Waals surface area contributed by atoms with Gasteiger partial charge in [0.1, 0.15) is 11.0 Å². The Morgan fingerprint density at radius 3 is 2.27 bits per heavy atom.